The van der Waals surface area contributed by atoms with Crippen LogP contribution in [-0.2, 0) is 18.4 Å². The number of aromatic amines is 1. The molecule has 6 rings (SSSR count). The molecule has 0 amide bonds. The van der Waals surface area contributed by atoms with Gasteiger partial charge in [0.15, 0.2) is 4.77 Å². The van der Waals surface area contributed by atoms with Gasteiger partial charge in [-0.05, 0) is 80.5 Å². The Labute approximate surface area is 148 Å². The standard InChI is InChI=1S/C20H25N3S/c24-19-22-21-18(23(19)7-6-14-4-2-1-3-5-14)20-11-15-8-16(12-20)10-17(9-15)13-20/h1-5,15-17H,6-13H2,(H,22,24). The zero-order chi connectivity index (χ0) is 16.1. The minimum absolute atomic E-state index is 0.305. The second-order valence-electron chi connectivity index (χ2n) is 8.44. The summed E-state index contributed by atoms with van der Waals surface area (Å²) in [6.07, 6.45) is 9.43. The molecule has 0 spiro atoms. The molecule has 0 aliphatic heterocycles. The van der Waals surface area contributed by atoms with Crippen LogP contribution < -0.4 is 0 Å². The van der Waals surface area contributed by atoms with Crippen LogP contribution in [0, 0.1) is 22.5 Å². The van der Waals surface area contributed by atoms with E-state index in [2.05, 4.69) is 40.0 Å². The van der Waals surface area contributed by atoms with Crippen molar-refractivity contribution in [3.05, 3.63) is 46.5 Å². The molecule has 4 saturated carbocycles. The predicted molar refractivity (Wildman–Crippen MR) is 97.4 cm³/mol. The van der Waals surface area contributed by atoms with Gasteiger partial charge >= 0.3 is 0 Å². The SMILES string of the molecule is S=c1[nH]nc(C23CC4CC(CC(C4)C2)C3)n1CCc1ccccc1. The molecule has 1 heterocycles. The van der Waals surface area contributed by atoms with Crippen LogP contribution in [0.1, 0.15) is 49.9 Å². The van der Waals surface area contributed by atoms with E-state index in [0.29, 0.717) is 5.41 Å². The number of nitrogens with zero attached hydrogens (tertiary/aromatic N) is 2. The Morgan fingerprint density at radius 2 is 1.67 bits per heavy atom. The van der Waals surface area contributed by atoms with Crippen LogP contribution in [-0.4, -0.2) is 14.8 Å². The van der Waals surface area contributed by atoms with Gasteiger partial charge in [0.05, 0.1) is 0 Å². The lowest BCUT2D eigenvalue weighted by Gasteiger charge is -2.56. The highest BCUT2D eigenvalue weighted by molar-refractivity contribution is 7.71. The zero-order valence-corrected chi connectivity index (χ0v) is 14.9. The lowest BCUT2D eigenvalue weighted by Crippen LogP contribution is -2.49. The maximum absolute atomic E-state index is 5.59. The molecule has 2 aromatic rings. The van der Waals surface area contributed by atoms with Crippen molar-refractivity contribution in [3.8, 4) is 0 Å². The smallest absolute Gasteiger partial charge is 0.195 e. The van der Waals surface area contributed by atoms with Crippen LogP contribution in [0.2, 0.25) is 0 Å². The third kappa shape index (κ3) is 2.38. The Balaban J connectivity index is 1.46. The van der Waals surface area contributed by atoms with E-state index in [1.54, 1.807) is 0 Å². The number of benzene rings is 1. The molecule has 4 aliphatic carbocycles. The van der Waals surface area contributed by atoms with Gasteiger partial charge in [0.2, 0.25) is 0 Å². The maximum Gasteiger partial charge on any atom is 0.195 e. The monoisotopic (exact) mass is 339 g/mol. The first-order valence-electron chi connectivity index (χ1n) is 9.41. The second-order valence-corrected chi connectivity index (χ2v) is 8.82. The van der Waals surface area contributed by atoms with Gasteiger partial charge in [0.25, 0.3) is 0 Å². The summed E-state index contributed by atoms with van der Waals surface area (Å²) in [5.74, 6) is 4.07. The minimum atomic E-state index is 0.305. The summed E-state index contributed by atoms with van der Waals surface area (Å²) in [4.78, 5) is 0. The van der Waals surface area contributed by atoms with E-state index in [0.717, 1.165) is 35.5 Å². The Morgan fingerprint density at radius 3 is 2.29 bits per heavy atom. The molecular formula is C20H25N3S. The highest BCUT2D eigenvalue weighted by atomic mass is 32.1. The van der Waals surface area contributed by atoms with E-state index in [4.69, 9.17) is 17.3 Å². The van der Waals surface area contributed by atoms with Gasteiger partial charge in [0.1, 0.15) is 5.82 Å². The third-order valence-corrected chi connectivity index (χ3v) is 7.05. The average molecular weight is 340 g/mol. The van der Waals surface area contributed by atoms with Crippen molar-refractivity contribution in [3.63, 3.8) is 0 Å². The topological polar surface area (TPSA) is 33.6 Å². The van der Waals surface area contributed by atoms with Crippen LogP contribution in [0.25, 0.3) is 0 Å². The summed E-state index contributed by atoms with van der Waals surface area (Å²) in [7, 11) is 0. The molecule has 0 saturated heterocycles. The van der Waals surface area contributed by atoms with Crippen LogP contribution in [0.3, 0.4) is 0 Å². The number of aryl methyl sites for hydroxylation is 1. The molecule has 24 heavy (non-hydrogen) atoms. The highest BCUT2D eigenvalue weighted by Gasteiger charge is 2.53. The van der Waals surface area contributed by atoms with Gasteiger partial charge in [-0.3, -0.25) is 5.10 Å². The number of H-pyrrole nitrogens is 1. The normalized spacial score (nSPS) is 33.9. The summed E-state index contributed by atoms with van der Waals surface area (Å²) in [5, 5.41) is 7.88. The van der Waals surface area contributed by atoms with Crippen molar-refractivity contribution in [2.45, 2.75) is 56.9 Å². The summed E-state index contributed by atoms with van der Waals surface area (Å²) in [6.45, 7) is 0.941. The van der Waals surface area contributed by atoms with E-state index < -0.39 is 0 Å². The van der Waals surface area contributed by atoms with Gasteiger partial charge in [-0.2, -0.15) is 5.10 Å². The van der Waals surface area contributed by atoms with Gasteiger partial charge in [0, 0.05) is 12.0 Å². The molecule has 1 aromatic heterocycles. The molecule has 1 aromatic carbocycles. The van der Waals surface area contributed by atoms with Crippen molar-refractivity contribution < 1.29 is 0 Å². The minimum Gasteiger partial charge on any atom is -0.303 e. The molecule has 3 nitrogen and oxygen atoms in total. The van der Waals surface area contributed by atoms with Gasteiger partial charge in [-0.1, -0.05) is 30.3 Å². The van der Waals surface area contributed by atoms with E-state index in [1.165, 1.54) is 49.9 Å². The lowest BCUT2D eigenvalue weighted by atomic mass is 9.49. The van der Waals surface area contributed by atoms with Crippen LogP contribution in [0.5, 0.6) is 0 Å². The molecule has 0 atom stereocenters. The summed E-state index contributed by atoms with van der Waals surface area (Å²) >= 11 is 5.59. The Morgan fingerprint density at radius 1 is 1.04 bits per heavy atom. The summed E-state index contributed by atoms with van der Waals surface area (Å²) in [6, 6.07) is 10.7. The number of rotatable bonds is 4. The van der Waals surface area contributed by atoms with Crippen molar-refractivity contribution in [2.75, 3.05) is 0 Å². The van der Waals surface area contributed by atoms with E-state index >= 15 is 0 Å². The number of hydrogen-bond donors (Lipinski definition) is 1. The summed E-state index contributed by atoms with van der Waals surface area (Å²) < 4.78 is 3.12. The predicted octanol–water partition coefficient (Wildman–Crippen LogP) is 4.65. The van der Waals surface area contributed by atoms with Crippen molar-refractivity contribution in [2.24, 2.45) is 17.8 Å². The molecule has 4 bridgehead atoms. The number of nitrogens with one attached hydrogen (secondary N) is 1. The lowest BCUT2D eigenvalue weighted by molar-refractivity contribution is -0.0112. The number of aromatic nitrogens is 3. The molecule has 126 valence electrons. The molecular weight excluding hydrogens is 314 g/mol. The second kappa shape index (κ2) is 5.55. The Bertz CT molecular complexity index is 753. The molecule has 0 unspecified atom stereocenters. The highest BCUT2D eigenvalue weighted by Crippen LogP contribution is 2.60. The van der Waals surface area contributed by atoms with Crippen molar-refractivity contribution >= 4 is 12.2 Å². The molecule has 4 aliphatic rings. The van der Waals surface area contributed by atoms with Crippen molar-refractivity contribution in [1.82, 2.24) is 14.8 Å². The van der Waals surface area contributed by atoms with E-state index in [1.807, 2.05) is 0 Å². The first-order valence-corrected chi connectivity index (χ1v) is 9.82. The Kier molecular flexibility index (Phi) is 3.44. The van der Waals surface area contributed by atoms with Crippen molar-refractivity contribution in [1.29, 1.82) is 0 Å². The fourth-order valence-electron chi connectivity index (χ4n) is 6.20. The first kappa shape index (κ1) is 14.9. The van der Waals surface area contributed by atoms with Gasteiger partial charge < -0.3 is 4.57 Å². The number of hydrogen-bond acceptors (Lipinski definition) is 2. The first-order chi connectivity index (χ1) is 11.7. The third-order valence-electron chi connectivity index (χ3n) is 6.74. The maximum atomic E-state index is 5.59. The molecule has 4 fully saturated rings. The Hall–Kier alpha value is -1.42. The summed E-state index contributed by atoms with van der Waals surface area (Å²) in [5.41, 5.74) is 1.68. The van der Waals surface area contributed by atoms with Crippen LogP contribution in [0.15, 0.2) is 30.3 Å². The quantitative estimate of drug-likeness (QED) is 0.823. The average Bonchev–Trinajstić information content (AvgIpc) is 2.94. The zero-order valence-electron chi connectivity index (χ0n) is 14.1. The largest absolute Gasteiger partial charge is 0.303 e. The van der Waals surface area contributed by atoms with Gasteiger partial charge in [-0.25, -0.2) is 0 Å². The van der Waals surface area contributed by atoms with E-state index in [-0.39, 0.29) is 0 Å². The fraction of sp³-hybridized carbons (Fsp3) is 0.600. The molecule has 0 radical (unpaired) electrons. The van der Waals surface area contributed by atoms with Crippen LogP contribution >= 0.6 is 12.2 Å². The van der Waals surface area contributed by atoms with Crippen LogP contribution in [0.4, 0.5) is 0 Å². The van der Waals surface area contributed by atoms with Gasteiger partial charge in [-0.15, -0.1) is 0 Å². The fourth-order valence-corrected chi connectivity index (χ4v) is 6.42. The molecule has 1 N–H and O–H groups in total. The van der Waals surface area contributed by atoms with E-state index in [9.17, 15) is 0 Å². The molecule has 4 heteroatoms.